The number of amides is 1. The van der Waals surface area contributed by atoms with Crippen LogP contribution in [0, 0.1) is 29.1 Å². The molecule has 226 valence electrons. The SMILES string of the molecule is N#Cc1ccc(N2N=C3c4ccc(C(=O)N5CCC(O)CC5)nc4CC[C@@H]3[C@@H]2C2CCC(C3CC(O)CCN3)C2)cc1Cl. The van der Waals surface area contributed by atoms with Gasteiger partial charge in [0.05, 0.1) is 45.9 Å². The Morgan fingerprint density at radius 1 is 1.00 bits per heavy atom. The van der Waals surface area contributed by atoms with Gasteiger partial charge < -0.3 is 20.4 Å². The fourth-order valence-electron chi connectivity index (χ4n) is 8.23. The van der Waals surface area contributed by atoms with Crippen LogP contribution in [0.15, 0.2) is 35.4 Å². The molecule has 43 heavy (non-hydrogen) atoms. The van der Waals surface area contributed by atoms with Gasteiger partial charge in [-0.15, -0.1) is 0 Å². The first-order valence-corrected chi connectivity index (χ1v) is 16.2. The van der Waals surface area contributed by atoms with Gasteiger partial charge in [0.25, 0.3) is 5.91 Å². The number of aliphatic hydroxyl groups excluding tert-OH is 2. The number of nitriles is 1. The van der Waals surface area contributed by atoms with Gasteiger partial charge in [-0.05, 0) is 106 Å². The van der Waals surface area contributed by atoms with Crippen LogP contribution >= 0.6 is 11.6 Å². The van der Waals surface area contributed by atoms with Crippen molar-refractivity contribution < 1.29 is 15.0 Å². The number of aromatic nitrogens is 1. The lowest BCUT2D eigenvalue weighted by molar-refractivity contribution is 0.0541. The van der Waals surface area contributed by atoms with Crippen LogP contribution < -0.4 is 10.3 Å². The van der Waals surface area contributed by atoms with Crippen LogP contribution in [0.2, 0.25) is 5.02 Å². The van der Waals surface area contributed by atoms with Gasteiger partial charge in [0, 0.05) is 30.6 Å². The smallest absolute Gasteiger partial charge is 0.272 e. The van der Waals surface area contributed by atoms with Crippen molar-refractivity contribution in [2.45, 2.75) is 82.1 Å². The molecule has 3 aliphatic heterocycles. The number of carbonyl (C=O) groups excluding carboxylic acids is 1. The fraction of sp³-hybridized carbons (Fsp3) is 0.576. The van der Waals surface area contributed by atoms with E-state index in [1.165, 1.54) is 0 Å². The van der Waals surface area contributed by atoms with E-state index in [0.717, 1.165) is 74.1 Å². The Morgan fingerprint density at radius 3 is 2.58 bits per heavy atom. The van der Waals surface area contributed by atoms with Crippen molar-refractivity contribution in [3.8, 4) is 6.07 Å². The largest absolute Gasteiger partial charge is 0.393 e. The third-order valence-corrected chi connectivity index (χ3v) is 10.8. The van der Waals surface area contributed by atoms with Gasteiger partial charge in [0.2, 0.25) is 0 Å². The fourth-order valence-corrected chi connectivity index (χ4v) is 8.45. The molecule has 2 aliphatic carbocycles. The van der Waals surface area contributed by atoms with E-state index in [-0.39, 0.29) is 30.1 Å². The van der Waals surface area contributed by atoms with E-state index in [1.807, 2.05) is 24.3 Å². The number of hydrogen-bond donors (Lipinski definition) is 3. The third kappa shape index (κ3) is 5.44. The first kappa shape index (κ1) is 28.7. The van der Waals surface area contributed by atoms with Gasteiger partial charge in [0.1, 0.15) is 11.8 Å². The number of hydrazone groups is 1. The zero-order chi connectivity index (χ0) is 29.7. The highest BCUT2D eigenvalue weighted by Crippen LogP contribution is 2.47. The van der Waals surface area contributed by atoms with Crippen molar-refractivity contribution in [3.05, 3.63) is 57.9 Å². The molecule has 7 rings (SSSR count). The lowest BCUT2D eigenvalue weighted by atomic mass is 9.75. The van der Waals surface area contributed by atoms with E-state index < -0.39 is 0 Å². The molecule has 4 heterocycles. The number of hydrogen-bond acceptors (Lipinski definition) is 8. The van der Waals surface area contributed by atoms with Gasteiger partial charge in [0.15, 0.2) is 0 Å². The number of fused-ring (bicyclic) bond motifs is 3. The summed E-state index contributed by atoms with van der Waals surface area (Å²) in [5.41, 5.74) is 4.75. The summed E-state index contributed by atoms with van der Waals surface area (Å²) in [6, 6.07) is 12.1. The van der Waals surface area contributed by atoms with Gasteiger partial charge in [-0.3, -0.25) is 9.80 Å². The number of nitrogens with zero attached hydrogens (tertiary/aromatic N) is 5. The molecular weight excluding hydrogens is 564 g/mol. The summed E-state index contributed by atoms with van der Waals surface area (Å²) >= 11 is 6.52. The second-order valence-corrected chi connectivity index (χ2v) is 13.4. The normalized spacial score (nSPS) is 30.9. The summed E-state index contributed by atoms with van der Waals surface area (Å²) < 4.78 is 0. The maximum Gasteiger partial charge on any atom is 0.272 e. The second-order valence-electron chi connectivity index (χ2n) is 13.0. The zero-order valence-corrected chi connectivity index (χ0v) is 25.1. The Bertz CT molecular complexity index is 1470. The second kappa shape index (κ2) is 11.8. The molecule has 2 aromatic rings. The first-order valence-electron chi connectivity index (χ1n) is 15.9. The Labute approximate surface area is 257 Å². The highest BCUT2D eigenvalue weighted by atomic mass is 35.5. The average molecular weight is 603 g/mol. The third-order valence-electron chi connectivity index (χ3n) is 10.5. The molecule has 2 saturated heterocycles. The standard InChI is InChI=1S/C33H39ClN6O3/c34-27-16-22(4-3-21(27)18-35)40-32(20-2-1-19(15-20)30-17-24(42)9-12-36-30)26-6-7-28-25(31(26)38-40)5-8-29(37-28)33(43)39-13-10-23(41)11-14-39/h3-5,8,16,19-20,23-24,26,30,32,36,41-42H,1-2,6-7,9-15,17H2/t19?,20?,24?,26-,30?,32-/m0/s1. The molecule has 1 amide bonds. The first-order chi connectivity index (χ1) is 20.9. The van der Waals surface area contributed by atoms with Crippen molar-refractivity contribution in [1.29, 1.82) is 5.26 Å². The minimum absolute atomic E-state index is 0.0738. The lowest BCUT2D eigenvalue weighted by Gasteiger charge is -2.36. The lowest BCUT2D eigenvalue weighted by Crippen LogP contribution is -2.45. The summed E-state index contributed by atoms with van der Waals surface area (Å²) in [4.78, 5) is 19.9. The number of nitrogens with one attached hydrogen (secondary N) is 1. The molecule has 1 aromatic heterocycles. The number of piperidine rings is 2. The van der Waals surface area contributed by atoms with Crippen molar-refractivity contribution >= 4 is 28.9 Å². The monoisotopic (exact) mass is 602 g/mol. The van der Waals surface area contributed by atoms with E-state index >= 15 is 0 Å². The molecule has 10 heteroatoms. The summed E-state index contributed by atoms with van der Waals surface area (Å²) in [6.07, 6.45) is 7.30. The number of halogens is 1. The van der Waals surface area contributed by atoms with Crippen LogP contribution in [-0.4, -0.2) is 75.6 Å². The van der Waals surface area contributed by atoms with E-state index in [2.05, 4.69) is 16.4 Å². The maximum atomic E-state index is 13.2. The number of aryl methyl sites for hydroxylation is 1. The van der Waals surface area contributed by atoms with E-state index in [0.29, 0.717) is 60.1 Å². The van der Waals surface area contributed by atoms with Crippen LogP contribution in [0.25, 0.3) is 0 Å². The average Bonchev–Trinajstić information content (AvgIpc) is 3.66. The predicted octanol–water partition coefficient (Wildman–Crippen LogP) is 3.89. The van der Waals surface area contributed by atoms with E-state index in [1.54, 1.807) is 11.0 Å². The molecular formula is C33H39ClN6O3. The number of pyridine rings is 1. The molecule has 0 bridgehead atoms. The molecule has 6 atom stereocenters. The summed E-state index contributed by atoms with van der Waals surface area (Å²) in [5, 5.41) is 41.1. The molecule has 1 aromatic carbocycles. The summed E-state index contributed by atoms with van der Waals surface area (Å²) in [6.45, 7) is 1.97. The predicted molar refractivity (Wildman–Crippen MR) is 164 cm³/mol. The highest BCUT2D eigenvalue weighted by Gasteiger charge is 2.48. The number of anilines is 1. The van der Waals surface area contributed by atoms with Gasteiger partial charge in [-0.25, -0.2) is 4.98 Å². The van der Waals surface area contributed by atoms with Crippen molar-refractivity contribution in [3.63, 3.8) is 0 Å². The van der Waals surface area contributed by atoms with Crippen LogP contribution in [0.5, 0.6) is 0 Å². The Balaban J connectivity index is 1.18. The van der Waals surface area contributed by atoms with Crippen molar-refractivity contribution in [2.75, 3.05) is 24.6 Å². The quantitative estimate of drug-likeness (QED) is 0.485. The Kier molecular flexibility index (Phi) is 7.89. The Morgan fingerprint density at radius 2 is 1.81 bits per heavy atom. The molecule has 5 aliphatic rings. The van der Waals surface area contributed by atoms with E-state index in [9.17, 15) is 20.3 Å². The molecule has 3 N–H and O–H groups in total. The molecule has 1 saturated carbocycles. The van der Waals surface area contributed by atoms with Crippen molar-refractivity contribution in [1.82, 2.24) is 15.2 Å². The molecule has 0 radical (unpaired) electrons. The number of carbonyl (C=O) groups is 1. The van der Waals surface area contributed by atoms with Gasteiger partial charge in [-0.1, -0.05) is 11.6 Å². The molecule has 0 spiro atoms. The zero-order valence-electron chi connectivity index (χ0n) is 24.3. The van der Waals surface area contributed by atoms with Gasteiger partial charge >= 0.3 is 0 Å². The minimum atomic E-state index is -0.333. The van der Waals surface area contributed by atoms with Crippen molar-refractivity contribution in [2.24, 2.45) is 22.9 Å². The Hall–Kier alpha value is -3.03. The van der Waals surface area contributed by atoms with Crippen LogP contribution in [0.3, 0.4) is 0 Å². The van der Waals surface area contributed by atoms with Crippen LogP contribution in [-0.2, 0) is 6.42 Å². The number of rotatable bonds is 4. The van der Waals surface area contributed by atoms with E-state index in [4.69, 9.17) is 21.7 Å². The molecule has 4 unspecified atom stereocenters. The number of likely N-dealkylation sites (tertiary alicyclic amines) is 1. The highest BCUT2D eigenvalue weighted by molar-refractivity contribution is 6.32. The van der Waals surface area contributed by atoms with Gasteiger partial charge in [-0.2, -0.15) is 10.4 Å². The number of aliphatic hydroxyl groups is 2. The maximum absolute atomic E-state index is 13.2. The topological polar surface area (TPSA) is 125 Å². The minimum Gasteiger partial charge on any atom is -0.393 e. The molecule has 3 fully saturated rings. The summed E-state index contributed by atoms with van der Waals surface area (Å²) in [5.74, 6) is 1.10. The number of benzene rings is 1. The van der Waals surface area contributed by atoms with Crippen LogP contribution in [0.1, 0.15) is 78.7 Å². The summed E-state index contributed by atoms with van der Waals surface area (Å²) in [7, 11) is 0. The van der Waals surface area contributed by atoms with Crippen LogP contribution in [0.4, 0.5) is 5.69 Å². The molecule has 9 nitrogen and oxygen atoms in total.